The van der Waals surface area contributed by atoms with Gasteiger partial charge in [0.15, 0.2) is 5.82 Å². The average Bonchev–Trinajstić information content (AvgIpc) is 2.32. The van der Waals surface area contributed by atoms with Crippen LogP contribution in [0.2, 0.25) is 0 Å². The van der Waals surface area contributed by atoms with Crippen LogP contribution in [0.3, 0.4) is 0 Å². The third kappa shape index (κ3) is 2.50. The average molecular weight is 241 g/mol. The summed E-state index contributed by atoms with van der Waals surface area (Å²) in [7, 11) is 0. The Balaban J connectivity index is 2.37. The minimum Gasteiger partial charge on any atom is -0.396 e. The summed E-state index contributed by atoms with van der Waals surface area (Å²) in [6, 6.07) is 8.38. The van der Waals surface area contributed by atoms with E-state index in [-0.39, 0.29) is 5.41 Å². The van der Waals surface area contributed by atoms with Gasteiger partial charge in [-0.2, -0.15) is 0 Å². The molecule has 0 amide bonds. The standard InChI is InChI=1S/C15H19N3/c1-10-13(16)9-17-14(18-10)11-5-7-12(8-6-11)15(2,3)4/h5-9H,16H2,1-4H3. The van der Waals surface area contributed by atoms with Gasteiger partial charge < -0.3 is 5.73 Å². The van der Waals surface area contributed by atoms with Crippen LogP contribution in [0.25, 0.3) is 11.4 Å². The van der Waals surface area contributed by atoms with Gasteiger partial charge in [0, 0.05) is 5.56 Å². The molecule has 0 radical (unpaired) electrons. The number of nitrogens with two attached hydrogens (primary N) is 1. The number of benzene rings is 1. The van der Waals surface area contributed by atoms with Crippen LogP contribution in [-0.2, 0) is 5.41 Å². The Hall–Kier alpha value is -1.90. The Kier molecular flexibility index (Phi) is 3.07. The molecule has 0 aliphatic heterocycles. The number of aromatic nitrogens is 2. The van der Waals surface area contributed by atoms with Crippen LogP contribution in [-0.4, -0.2) is 9.97 Å². The molecular weight excluding hydrogens is 222 g/mol. The topological polar surface area (TPSA) is 51.8 Å². The van der Waals surface area contributed by atoms with Gasteiger partial charge in [0.25, 0.3) is 0 Å². The minimum absolute atomic E-state index is 0.163. The number of nitrogen functional groups attached to an aromatic ring is 1. The van der Waals surface area contributed by atoms with E-state index < -0.39 is 0 Å². The first-order chi connectivity index (χ1) is 8.38. The van der Waals surface area contributed by atoms with Crippen LogP contribution in [0, 0.1) is 6.92 Å². The normalized spacial score (nSPS) is 11.6. The lowest BCUT2D eigenvalue weighted by atomic mass is 9.87. The molecule has 3 nitrogen and oxygen atoms in total. The predicted octanol–water partition coefficient (Wildman–Crippen LogP) is 3.33. The number of aryl methyl sites for hydroxylation is 1. The Morgan fingerprint density at radius 2 is 1.67 bits per heavy atom. The molecule has 2 N–H and O–H groups in total. The van der Waals surface area contributed by atoms with E-state index in [1.54, 1.807) is 6.20 Å². The van der Waals surface area contributed by atoms with Crippen molar-refractivity contribution in [2.24, 2.45) is 0 Å². The molecule has 0 saturated heterocycles. The molecule has 3 heteroatoms. The second-order valence-electron chi connectivity index (χ2n) is 5.56. The van der Waals surface area contributed by atoms with Gasteiger partial charge >= 0.3 is 0 Å². The lowest BCUT2D eigenvalue weighted by Gasteiger charge is -2.19. The predicted molar refractivity (Wildman–Crippen MR) is 75.3 cm³/mol. The van der Waals surface area contributed by atoms with E-state index in [1.165, 1.54) is 5.56 Å². The van der Waals surface area contributed by atoms with Crippen LogP contribution < -0.4 is 5.73 Å². The van der Waals surface area contributed by atoms with Gasteiger partial charge in [0.1, 0.15) is 0 Å². The molecule has 94 valence electrons. The molecule has 2 aromatic rings. The van der Waals surface area contributed by atoms with Crippen LogP contribution in [0.5, 0.6) is 0 Å². The Labute approximate surface area is 108 Å². The van der Waals surface area contributed by atoms with Gasteiger partial charge in [-0.25, -0.2) is 9.97 Å². The van der Waals surface area contributed by atoms with Gasteiger partial charge in [-0.15, -0.1) is 0 Å². The van der Waals surface area contributed by atoms with Gasteiger partial charge in [-0.05, 0) is 17.9 Å². The molecule has 0 saturated carbocycles. The summed E-state index contributed by atoms with van der Waals surface area (Å²) < 4.78 is 0. The summed E-state index contributed by atoms with van der Waals surface area (Å²) in [6.45, 7) is 8.49. The smallest absolute Gasteiger partial charge is 0.159 e. The molecule has 0 aliphatic carbocycles. The van der Waals surface area contributed by atoms with Crippen molar-refractivity contribution in [3.05, 3.63) is 41.7 Å². The molecular formula is C15H19N3. The summed E-state index contributed by atoms with van der Waals surface area (Å²) in [6.07, 6.45) is 1.66. The fourth-order valence-corrected chi connectivity index (χ4v) is 1.73. The third-order valence-corrected chi connectivity index (χ3v) is 3.03. The van der Waals surface area contributed by atoms with Crippen molar-refractivity contribution in [1.82, 2.24) is 9.97 Å². The highest BCUT2D eigenvalue weighted by Crippen LogP contribution is 2.25. The first-order valence-corrected chi connectivity index (χ1v) is 6.08. The van der Waals surface area contributed by atoms with Crippen molar-refractivity contribution in [2.45, 2.75) is 33.1 Å². The quantitative estimate of drug-likeness (QED) is 0.833. The van der Waals surface area contributed by atoms with E-state index >= 15 is 0 Å². The second-order valence-corrected chi connectivity index (χ2v) is 5.56. The van der Waals surface area contributed by atoms with E-state index in [4.69, 9.17) is 5.73 Å². The lowest BCUT2D eigenvalue weighted by Crippen LogP contribution is -2.10. The van der Waals surface area contributed by atoms with Gasteiger partial charge in [0.05, 0.1) is 17.6 Å². The summed E-state index contributed by atoms with van der Waals surface area (Å²) >= 11 is 0. The van der Waals surface area contributed by atoms with Crippen LogP contribution in [0.1, 0.15) is 32.0 Å². The number of nitrogens with zero attached hydrogens (tertiary/aromatic N) is 2. The van der Waals surface area contributed by atoms with E-state index in [0.29, 0.717) is 5.69 Å². The van der Waals surface area contributed by atoms with Crippen molar-refractivity contribution in [2.75, 3.05) is 5.73 Å². The Morgan fingerprint density at radius 3 is 2.17 bits per heavy atom. The second kappa shape index (κ2) is 4.41. The molecule has 0 bridgehead atoms. The Morgan fingerprint density at radius 1 is 1.06 bits per heavy atom. The van der Waals surface area contributed by atoms with Crippen molar-refractivity contribution in [1.29, 1.82) is 0 Å². The maximum absolute atomic E-state index is 5.72. The molecule has 0 atom stereocenters. The molecule has 0 spiro atoms. The van der Waals surface area contributed by atoms with Crippen molar-refractivity contribution < 1.29 is 0 Å². The zero-order chi connectivity index (χ0) is 13.3. The van der Waals surface area contributed by atoms with Gasteiger partial charge in [0.2, 0.25) is 0 Å². The molecule has 1 heterocycles. The largest absolute Gasteiger partial charge is 0.396 e. The molecule has 0 fully saturated rings. The summed E-state index contributed by atoms with van der Waals surface area (Å²) in [5.74, 6) is 0.724. The molecule has 1 aromatic carbocycles. The fourth-order valence-electron chi connectivity index (χ4n) is 1.73. The maximum atomic E-state index is 5.72. The first kappa shape index (κ1) is 12.6. The van der Waals surface area contributed by atoms with Crippen LogP contribution in [0.4, 0.5) is 5.69 Å². The van der Waals surface area contributed by atoms with Crippen LogP contribution in [0.15, 0.2) is 30.5 Å². The number of rotatable bonds is 1. The fraction of sp³-hybridized carbons (Fsp3) is 0.333. The zero-order valence-corrected chi connectivity index (χ0v) is 11.4. The van der Waals surface area contributed by atoms with Crippen molar-refractivity contribution in [3.8, 4) is 11.4 Å². The summed E-state index contributed by atoms with van der Waals surface area (Å²) in [5, 5.41) is 0. The van der Waals surface area contributed by atoms with E-state index in [1.807, 2.05) is 6.92 Å². The number of hydrogen-bond acceptors (Lipinski definition) is 3. The highest BCUT2D eigenvalue weighted by Gasteiger charge is 2.13. The number of hydrogen-bond donors (Lipinski definition) is 1. The van der Waals surface area contributed by atoms with Crippen molar-refractivity contribution in [3.63, 3.8) is 0 Å². The molecule has 0 unspecified atom stereocenters. The molecule has 18 heavy (non-hydrogen) atoms. The highest BCUT2D eigenvalue weighted by atomic mass is 14.9. The monoisotopic (exact) mass is 241 g/mol. The third-order valence-electron chi connectivity index (χ3n) is 3.03. The highest BCUT2D eigenvalue weighted by molar-refractivity contribution is 5.57. The molecule has 0 aliphatic rings. The molecule has 2 rings (SSSR count). The van der Waals surface area contributed by atoms with Crippen LogP contribution >= 0.6 is 0 Å². The summed E-state index contributed by atoms with van der Waals surface area (Å²) in [4.78, 5) is 8.66. The van der Waals surface area contributed by atoms with Gasteiger partial charge in [-0.1, -0.05) is 45.0 Å². The SMILES string of the molecule is Cc1nc(-c2ccc(C(C)(C)C)cc2)ncc1N. The number of anilines is 1. The van der Waals surface area contributed by atoms with E-state index in [0.717, 1.165) is 17.1 Å². The maximum Gasteiger partial charge on any atom is 0.159 e. The van der Waals surface area contributed by atoms with E-state index in [2.05, 4.69) is 55.0 Å². The van der Waals surface area contributed by atoms with Crippen molar-refractivity contribution >= 4 is 5.69 Å². The lowest BCUT2D eigenvalue weighted by molar-refractivity contribution is 0.590. The molecule has 1 aromatic heterocycles. The minimum atomic E-state index is 0.163. The Bertz CT molecular complexity index is 551. The zero-order valence-electron chi connectivity index (χ0n) is 11.4. The summed E-state index contributed by atoms with van der Waals surface area (Å²) in [5.41, 5.74) is 9.66. The first-order valence-electron chi connectivity index (χ1n) is 6.08. The van der Waals surface area contributed by atoms with Gasteiger partial charge in [-0.3, -0.25) is 0 Å². The van der Waals surface area contributed by atoms with E-state index in [9.17, 15) is 0 Å².